The van der Waals surface area contributed by atoms with Crippen LogP contribution in [0.2, 0.25) is 0 Å². The summed E-state index contributed by atoms with van der Waals surface area (Å²) >= 11 is 3.22. The molecule has 0 aliphatic carbocycles. The number of nitrogens with zero attached hydrogens (tertiary/aromatic N) is 1. The van der Waals surface area contributed by atoms with Gasteiger partial charge < -0.3 is 10.4 Å². The Morgan fingerprint density at radius 2 is 2.47 bits per heavy atom. The number of aromatic nitrogens is 1. The summed E-state index contributed by atoms with van der Waals surface area (Å²) in [6, 6.07) is 0. The maximum Gasteiger partial charge on any atom is 0.248 e. The molecule has 0 saturated carbocycles. The fourth-order valence-electron chi connectivity index (χ4n) is 1.34. The third kappa shape index (κ3) is 5.06. The number of thioether (sulfide) groups is 1. The molecule has 1 heterocycles. The molecule has 0 spiro atoms. The second-order valence-electron chi connectivity index (χ2n) is 3.70. The number of nitrogens with one attached hydrogen (secondary N) is 1. The van der Waals surface area contributed by atoms with E-state index in [-0.39, 0.29) is 5.91 Å². The molecule has 0 aliphatic rings. The number of aliphatic hydroxyl groups excluding tert-OH is 1. The SMILES string of the molecule is CSCC[C@@H](O)C(=O)NCCc1scnc1C. The van der Waals surface area contributed by atoms with Crippen LogP contribution in [0.4, 0.5) is 0 Å². The average molecular weight is 274 g/mol. The van der Waals surface area contributed by atoms with Crippen molar-refractivity contribution in [3.63, 3.8) is 0 Å². The first-order valence-corrected chi connectivity index (χ1v) is 7.76. The molecule has 0 aliphatic heterocycles. The maximum atomic E-state index is 11.5. The lowest BCUT2D eigenvalue weighted by Crippen LogP contribution is -2.36. The van der Waals surface area contributed by atoms with Crippen molar-refractivity contribution < 1.29 is 9.90 Å². The molecular formula is C11H18N2O2S2. The minimum atomic E-state index is -0.884. The van der Waals surface area contributed by atoms with Crippen molar-refractivity contribution in [1.82, 2.24) is 10.3 Å². The predicted octanol–water partition coefficient (Wildman–Crippen LogP) is 1.22. The second kappa shape index (κ2) is 7.68. The summed E-state index contributed by atoms with van der Waals surface area (Å²) in [6.45, 7) is 2.51. The summed E-state index contributed by atoms with van der Waals surface area (Å²) in [4.78, 5) is 16.8. The fourth-order valence-corrected chi connectivity index (χ4v) is 2.58. The number of hydrogen-bond donors (Lipinski definition) is 2. The highest BCUT2D eigenvalue weighted by Crippen LogP contribution is 2.11. The van der Waals surface area contributed by atoms with Gasteiger partial charge in [-0.25, -0.2) is 4.98 Å². The van der Waals surface area contributed by atoms with Crippen LogP contribution in [0.3, 0.4) is 0 Å². The number of carbonyl (C=O) groups is 1. The van der Waals surface area contributed by atoms with Crippen molar-refractivity contribution in [3.8, 4) is 0 Å². The lowest BCUT2D eigenvalue weighted by molar-refractivity contribution is -0.129. The van der Waals surface area contributed by atoms with Gasteiger partial charge in [0, 0.05) is 17.8 Å². The monoisotopic (exact) mass is 274 g/mol. The van der Waals surface area contributed by atoms with Gasteiger partial charge in [-0.3, -0.25) is 4.79 Å². The Kier molecular flexibility index (Phi) is 6.54. The number of aliphatic hydroxyl groups is 1. The van der Waals surface area contributed by atoms with Crippen LogP contribution in [-0.2, 0) is 11.2 Å². The summed E-state index contributed by atoms with van der Waals surface area (Å²) in [7, 11) is 0. The molecule has 0 aromatic carbocycles. The zero-order valence-electron chi connectivity index (χ0n) is 10.1. The Morgan fingerprint density at radius 3 is 3.06 bits per heavy atom. The van der Waals surface area contributed by atoms with Crippen LogP contribution >= 0.6 is 23.1 Å². The first kappa shape index (κ1) is 14.5. The molecule has 2 N–H and O–H groups in total. The lowest BCUT2D eigenvalue weighted by atomic mass is 10.2. The van der Waals surface area contributed by atoms with Crippen LogP contribution in [0, 0.1) is 6.92 Å². The molecule has 0 radical (unpaired) electrons. The third-order valence-corrected chi connectivity index (χ3v) is 4.03. The van der Waals surface area contributed by atoms with Gasteiger partial charge in [-0.05, 0) is 25.4 Å². The molecule has 4 nitrogen and oxygen atoms in total. The highest BCUT2D eigenvalue weighted by Gasteiger charge is 2.13. The van der Waals surface area contributed by atoms with E-state index in [0.717, 1.165) is 17.9 Å². The van der Waals surface area contributed by atoms with Crippen molar-refractivity contribution in [2.24, 2.45) is 0 Å². The normalized spacial score (nSPS) is 12.4. The van der Waals surface area contributed by atoms with E-state index in [4.69, 9.17) is 0 Å². The van der Waals surface area contributed by atoms with Crippen LogP contribution in [0.15, 0.2) is 5.51 Å². The number of carbonyl (C=O) groups excluding carboxylic acids is 1. The Labute approximate surface area is 110 Å². The molecule has 0 unspecified atom stereocenters. The molecule has 96 valence electrons. The minimum Gasteiger partial charge on any atom is -0.383 e. The number of amides is 1. The summed E-state index contributed by atoms with van der Waals surface area (Å²) < 4.78 is 0. The van der Waals surface area contributed by atoms with Gasteiger partial charge in [0.1, 0.15) is 6.10 Å². The summed E-state index contributed by atoms with van der Waals surface area (Å²) in [5, 5.41) is 12.3. The van der Waals surface area contributed by atoms with Crippen LogP contribution in [0.1, 0.15) is 17.0 Å². The van der Waals surface area contributed by atoms with Gasteiger partial charge in [0.25, 0.3) is 0 Å². The van der Waals surface area contributed by atoms with Crippen LogP contribution in [-0.4, -0.2) is 40.7 Å². The Bertz CT molecular complexity index is 355. The molecule has 17 heavy (non-hydrogen) atoms. The fraction of sp³-hybridized carbons (Fsp3) is 0.636. The van der Waals surface area contributed by atoms with E-state index in [1.54, 1.807) is 28.6 Å². The molecule has 1 atom stereocenters. The Hall–Kier alpha value is -0.590. The topological polar surface area (TPSA) is 62.2 Å². The number of thiazole rings is 1. The Balaban J connectivity index is 2.22. The summed E-state index contributed by atoms with van der Waals surface area (Å²) in [5.41, 5.74) is 2.83. The lowest BCUT2D eigenvalue weighted by Gasteiger charge is -2.10. The standard InChI is InChI=1S/C11H18N2O2S2/c1-8-10(17-7-13-8)3-5-12-11(15)9(14)4-6-16-2/h7,9,14H,3-6H2,1-2H3,(H,12,15)/t9-/m1/s1. The quantitative estimate of drug-likeness (QED) is 0.785. The summed E-state index contributed by atoms with van der Waals surface area (Å²) in [5.74, 6) is 0.518. The van der Waals surface area contributed by atoms with Gasteiger partial charge in [-0.15, -0.1) is 11.3 Å². The third-order valence-electron chi connectivity index (χ3n) is 2.39. The maximum absolute atomic E-state index is 11.5. The van der Waals surface area contributed by atoms with Crippen molar-refractivity contribution in [1.29, 1.82) is 0 Å². The van der Waals surface area contributed by atoms with E-state index >= 15 is 0 Å². The number of hydrogen-bond acceptors (Lipinski definition) is 5. The van der Waals surface area contributed by atoms with Gasteiger partial charge in [-0.1, -0.05) is 0 Å². The molecule has 0 fully saturated rings. The molecule has 1 amide bonds. The molecule has 0 bridgehead atoms. The summed E-state index contributed by atoms with van der Waals surface area (Å²) in [6.07, 6.45) is 2.35. The molecule has 1 aromatic heterocycles. The zero-order chi connectivity index (χ0) is 12.7. The first-order valence-electron chi connectivity index (χ1n) is 5.48. The van der Waals surface area contributed by atoms with Crippen molar-refractivity contribution in [2.45, 2.75) is 25.9 Å². The molecule has 1 aromatic rings. The highest BCUT2D eigenvalue weighted by molar-refractivity contribution is 7.98. The van der Waals surface area contributed by atoms with Crippen molar-refractivity contribution >= 4 is 29.0 Å². The second-order valence-corrected chi connectivity index (χ2v) is 5.62. The Morgan fingerprint density at radius 1 is 1.71 bits per heavy atom. The van der Waals surface area contributed by atoms with E-state index < -0.39 is 6.10 Å². The molecular weight excluding hydrogens is 256 g/mol. The van der Waals surface area contributed by atoms with Crippen LogP contribution < -0.4 is 5.32 Å². The minimum absolute atomic E-state index is 0.277. The van der Waals surface area contributed by atoms with E-state index in [2.05, 4.69) is 10.3 Å². The zero-order valence-corrected chi connectivity index (χ0v) is 11.7. The molecule has 0 saturated heterocycles. The van der Waals surface area contributed by atoms with Crippen LogP contribution in [0.25, 0.3) is 0 Å². The van der Waals surface area contributed by atoms with E-state index in [1.807, 2.05) is 13.2 Å². The van der Waals surface area contributed by atoms with E-state index in [1.165, 1.54) is 4.88 Å². The van der Waals surface area contributed by atoms with Gasteiger partial charge in [0.15, 0.2) is 0 Å². The first-order chi connectivity index (χ1) is 8.15. The highest BCUT2D eigenvalue weighted by atomic mass is 32.2. The van der Waals surface area contributed by atoms with Gasteiger partial charge in [-0.2, -0.15) is 11.8 Å². The van der Waals surface area contributed by atoms with Gasteiger partial charge in [0.05, 0.1) is 11.2 Å². The van der Waals surface area contributed by atoms with Gasteiger partial charge in [0.2, 0.25) is 5.91 Å². The van der Waals surface area contributed by atoms with Gasteiger partial charge >= 0.3 is 0 Å². The largest absolute Gasteiger partial charge is 0.383 e. The number of rotatable bonds is 7. The smallest absolute Gasteiger partial charge is 0.248 e. The van der Waals surface area contributed by atoms with E-state index in [9.17, 15) is 9.90 Å². The average Bonchev–Trinajstić information content (AvgIpc) is 2.72. The predicted molar refractivity (Wildman–Crippen MR) is 72.6 cm³/mol. The van der Waals surface area contributed by atoms with E-state index in [0.29, 0.717) is 13.0 Å². The van der Waals surface area contributed by atoms with Crippen molar-refractivity contribution in [3.05, 3.63) is 16.1 Å². The number of aryl methyl sites for hydroxylation is 1. The van der Waals surface area contributed by atoms with Crippen molar-refractivity contribution in [2.75, 3.05) is 18.6 Å². The molecule has 1 rings (SSSR count). The van der Waals surface area contributed by atoms with Crippen LogP contribution in [0.5, 0.6) is 0 Å². The molecule has 6 heteroatoms.